The maximum absolute atomic E-state index is 12.1. The van der Waals surface area contributed by atoms with Crippen molar-refractivity contribution in [3.8, 4) is 0 Å². The molecule has 17 heavy (non-hydrogen) atoms. The Labute approximate surface area is 104 Å². The van der Waals surface area contributed by atoms with E-state index >= 15 is 0 Å². The third-order valence-electron chi connectivity index (χ3n) is 3.09. The van der Waals surface area contributed by atoms with Gasteiger partial charge in [0.25, 0.3) is 5.91 Å². The summed E-state index contributed by atoms with van der Waals surface area (Å²) in [5.74, 6) is 0.00231. The SMILES string of the molecule is CCN(CC)C(C)NC(=O)c1ccccc1C. The second-order valence-electron chi connectivity index (χ2n) is 4.19. The smallest absolute Gasteiger partial charge is 0.252 e. The number of carbonyl (C=O) groups excluding carboxylic acids is 1. The summed E-state index contributed by atoms with van der Waals surface area (Å²) in [5.41, 5.74) is 1.77. The predicted molar refractivity (Wildman–Crippen MR) is 71.0 cm³/mol. The van der Waals surface area contributed by atoms with E-state index in [0.717, 1.165) is 24.2 Å². The fourth-order valence-corrected chi connectivity index (χ4v) is 1.96. The first kappa shape index (κ1) is 13.7. The van der Waals surface area contributed by atoms with Crippen LogP contribution >= 0.6 is 0 Å². The lowest BCUT2D eigenvalue weighted by atomic mass is 10.1. The monoisotopic (exact) mass is 234 g/mol. The van der Waals surface area contributed by atoms with Crippen molar-refractivity contribution in [1.29, 1.82) is 0 Å². The summed E-state index contributed by atoms with van der Waals surface area (Å²) in [4.78, 5) is 14.3. The van der Waals surface area contributed by atoms with Crippen LogP contribution in [0, 0.1) is 6.92 Å². The van der Waals surface area contributed by atoms with Crippen LogP contribution in [0.1, 0.15) is 36.7 Å². The highest BCUT2D eigenvalue weighted by Gasteiger charge is 2.14. The maximum Gasteiger partial charge on any atom is 0.252 e. The normalized spacial score (nSPS) is 12.5. The Kier molecular flexibility index (Phi) is 5.16. The molecule has 3 heteroatoms. The van der Waals surface area contributed by atoms with Gasteiger partial charge in [-0.15, -0.1) is 0 Å². The molecule has 0 aromatic heterocycles. The molecule has 0 aliphatic carbocycles. The Hall–Kier alpha value is -1.35. The molecule has 0 saturated carbocycles. The van der Waals surface area contributed by atoms with E-state index in [9.17, 15) is 4.79 Å². The number of benzene rings is 1. The van der Waals surface area contributed by atoms with Gasteiger partial charge in [-0.3, -0.25) is 9.69 Å². The van der Waals surface area contributed by atoms with Crippen LogP contribution in [0.2, 0.25) is 0 Å². The fraction of sp³-hybridized carbons (Fsp3) is 0.500. The Morgan fingerprint density at radius 3 is 2.41 bits per heavy atom. The van der Waals surface area contributed by atoms with Gasteiger partial charge in [-0.25, -0.2) is 0 Å². The maximum atomic E-state index is 12.1. The molecule has 0 bridgehead atoms. The fourth-order valence-electron chi connectivity index (χ4n) is 1.96. The van der Waals surface area contributed by atoms with Crippen molar-refractivity contribution >= 4 is 5.91 Å². The molecule has 1 aromatic rings. The van der Waals surface area contributed by atoms with Crippen molar-refractivity contribution in [3.05, 3.63) is 35.4 Å². The van der Waals surface area contributed by atoms with Crippen molar-refractivity contribution in [2.75, 3.05) is 13.1 Å². The summed E-state index contributed by atoms with van der Waals surface area (Å²) < 4.78 is 0. The number of nitrogens with one attached hydrogen (secondary N) is 1. The van der Waals surface area contributed by atoms with Crippen molar-refractivity contribution < 1.29 is 4.79 Å². The quantitative estimate of drug-likeness (QED) is 0.793. The summed E-state index contributed by atoms with van der Waals surface area (Å²) in [6.45, 7) is 10.0. The Morgan fingerprint density at radius 2 is 1.88 bits per heavy atom. The molecule has 1 N–H and O–H groups in total. The molecule has 94 valence electrons. The average molecular weight is 234 g/mol. The molecule has 0 spiro atoms. The summed E-state index contributed by atoms with van der Waals surface area (Å²) in [5, 5.41) is 3.03. The molecule has 0 saturated heterocycles. The van der Waals surface area contributed by atoms with E-state index < -0.39 is 0 Å². The zero-order valence-electron chi connectivity index (χ0n) is 11.2. The number of aryl methyl sites for hydroxylation is 1. The lowest BCUT2D eigenvalue weighted by molar-refractivity contribution is 0.0874. The minimum atomic E-state index is 0.00231. The van der Waals surface area contributed by atoms with E-state index in [4.69, 9.17) is 0 Å². The van der Waals surface area contributed by atoms with Crippen molar-refractivity contribution in [1.82, 2.24) is 10.2 Å². The minimum absolute atomic E-state index is 0.00231. The minimum Gasteiger partial charge on any atom is -0.337 e. The first-order chi connectivity index (χ1) is 8.10. The largest absolute Gasteiger partial charge is 0.337 e. The molecule has 1 amide bonds. The molecule has 0 heterocycles. The van der Waals surface area contributed by atoms with E-state index in [2.05, 4.69) is 24.1 Å². The Balaban J connectivity index is 2.70. The predicted octanol–water partition coefficient (Wildman–Crippen LogP) is 2.41. The first-order valence-corrected chi connectivity index (χ1v) is 6.20. The molecule has 1 atom stereocenters. The van der Waals surface area contributed by atoms with Crippen molar-refractivity contribution in [3.63, 3.8) is 0 Å². The summed E-state index contributed by atoms with van der Waals surface area (Å²) in [6, 6.07) is 7.65. The van der Waals surface area contributed by atoms with Crippen molar-refractivity contribution in [2.24, 2.45) is 0 Å². The number of rotatable bonds is 5. The highest BCUT2D eigenvalue weighted by atomic mass is 16.1. The lowest BCUT2D eigenvalue weighted by Gasteiger charge is -2.27. The van der Waals surface area contributed by atoms with Gasteiger partial charge in [-0.1, -0.05) is 32.0 Å². The van der Waals surface area contributed by atoms with Crippen LogP contribution in [0.25, 0.3) is 0 Å². The van der Waals surface area contributed by atoms with Gasteiger partial charge in [-0.05, 0) is 38.6 Å². The van der Waals surface area contributed by atoms with Crippen LogP contribution in [0.4, 0.5) is 0 Å². The molecule has 0 fully saturated rings. The molecule has 1 unspecified atom stereocenters. The molecule has 1 rings (SSSR count). The van der Waals surface area contributed by atoms with E-state index in [0.29, 0.717) is 0 Å². The van der Waals surface area contributed by atoms with Crippen LogP contribution in [0.5, 0.6) is 0 Å². The molecule has 0 radical (unpaired) electrons. The van der Waals surface area contributed by atoms with E-state index in [1.807, 2.05) is 38.1 Å². The Morgan fingerprint density at radius 1 is 1.29 bits per heavy atom. The topological polar surface area (TPSA) is 32.3 Å². The second kappa shape index (κ2) is 6.40. The van der Waals surface area contributed by atoms with Crippen LogP contribution in [0.15, 0.2) is 24.3 Å². The summed E-state index contributed by atoms with van der Waals surface area (Å²) >= 11 is 0. The van der Waals surface area contributed by atoms with Crippen LogP contribution in [-0.4, -0.2) is 30.1 Å². The van der Waals surface area contributed by atoms with Gasteiger partial charge < -0.3 is 5.32 Å². The van der Waals surface area contributed by atoms with Gasteiger partial charge >= 0.3 is 0 Å². The number of carbonyl (C=O) groups is 1. The van der Waals surface area contributed by atoms with Gasteiger partial charge in [-0.2, -0.15) is 0 Å². The van der Waals surface area contributed by atoms with Gasteiger partial charge in [0.2, 0.25) is 0 Å². The first-order valence-electron chi connectivity index (χ1n) is 6.20. The summed E-state index contributed by atoms with van der Waals surface area (Å²) in [7, 11) is 0. The van der Waals surface area contributed by atoms with Crippen LogP contribution in [-0.2, 0) is 0 Å². The van der Waals surface area contributed by atoms with Crippen LogP contribution in [0.3, 0.4) is 0 Å². The third-order valence-corrected chi connectivity index (χ3v) is 3.09. The standard InChI is InChI=1S/C14H22N2O/c1-5-16(6-2)12(4)15-14(17)13-10-8-7-9-11(13)3/h7-10,12H,5-6H2,1-4H3,(H,15,17). The number of amides is 1. The number of hydrogen-bond donors (Lipinski definition) is 1. The average Bonchev–Trinajstić information content (AvgIpc) is 2.31. The van der Waals surface area contributed by atoms with E-state index in [1.54, 1.807) is 0 Å². The Bertz CT molecular complexity index is 372. The molecular formula is C14H22N2O. The van der Waals surface area contributed by atoms with Gasteiger partial charge in [0.15, 0.2) is 0 Å². The summed E-state index contributed by atoms with van der Waals surface area (Å²) in [6.07, 6.45) is 0.0668. The zero-order valence-corrected chi connectivity index (χ0v) is 11.2. The highest BCUT2D eigenvalue weighted by Crippen LogP contribution is 2.07. The third kappa shape index (κ3) is 3.56. The molecule has 3 nitrogen and oxygen atoms in total. The van der Waals surface area contributed by atoms with Gasteiger partial charge in [0, 0.05) is 5.56 Å². The second-order valence-corrected chi connectivity index (χ2v) is 4.19. The van der Waals surface area contributed by atoms with E-state index in [-0.39, 0.29) is 12.1 Å². The van der Waals surface area contributed by atoms with Crippen molar-refractivity contribution in [2.45, 2.75) is 33.9 Å². The lowest BCUT2D eigenvalue weighted by Crippen LogP contribution is -2.46. The molecule has 1 aromatic carbocycles. The molecular weight excluding hydrogens is 212 g/mol. The molecule has 0 aliphatic heterocycles. The highest BCUT2D eigenvalue weighted by molar-refractivity contribution is 5.95. The zero-order chi connectivity index (χ0) is 12.8. The van der Waals surface area contributed by atoms with Gasteiger partial charge in [0.05, 0.1) is 6.17 Å². The number of hydrogen-bond acceptors (Lipinski definition) is 2. The van der Waals surface area contributed by atoms with E-state index in [1.165, 1.54) is 0 Å². The van der Waals surface area contributed by atoms with Gasteiger partial charge in [0.1, 0.15) is 0 Å². The number of nitrogens with zero attached hydrogens (tertiary/aromatic N) is 1. The van der Waals surface area contributed by atoms with Crippen LogP contribution < -0.4 is 5.32 Å². The molecule has 0 aliphatic rings.